The molecule has 3 amide bonds. The first kappa shape index (κ1) is 26.1. The third-order valence-corrected chi connectivity index (χ3v) is 8.36. The molecule has 0 aliphatic carbocycles. The molecule has 8 heteroatoms. The van der Waals surface area contributed by atoms with Gasteiger partial charge in [0, 0.05) is 31.7 Å². The Balaban J connectivity index is 1.47. The maximum absolute atomic E-state index is 13.7. The fourth-order valence-electron chi connectivity index (χ4n) is 6.02. The Morgan fingerprint density at radius 2 is 1.86 bits per heavy atom. The van der Waals surface area contributed by atoms with Crippen molar-refractivity contribution in [1.82, 2.24) is 20.4 Å². The first-order valence-corrected chi connectivity index (χ1v) is 13.7. The van der Waals surface area contributed by atoms with Gasteiger partial charge in [-0.2, -0.15) is 0 Å². The molecule has 0 aromatic carbocycles. The molecule has 2 N–H and O–H groups in total. The third-order valence-electron chi connectivity index (χ3n) is 8.36. The summed E-state index contributed by atoms with van der Waals surface area (Å²) < 4.78 is 5.71. The van der Waals surface area contributed by atoms with Gasteiger partial charge in [0.1, 0.15) is 6.04 Å². The Kier molecular flexibility index (Phi) is 8.87. The average molecular weight is 489 g/mol. The highest BCUT2D eigenvalue weighted by atomic mass is 16.5. The van der Waals surface area contributed by atoms with E-state index in [1.807, 2.05) is 4.90 Å². The van der Waals surface area contributed by atoms with E-state index in [2.05, 4.69) is 41.5 Å². The molecule has 3 atom stereocenters. The molecule has 196 valence electrons. The molecule has 4 heterocycles. The van der Waals surface area contributed by atoms with Gasteiger partial charge in [0.2, 0.25) is 17.7 Å². The van der Waals surface area contributed by atoms with E-state index in [9.17, 15) is 14.4 Å². The number of ether oxygens (including phenoxy) is 1. The molecule has 0 radical (unpaired) electrons. The summed E-state index contributed by atoms with van der Waals surface area (Å²) in [6.07, 6.45) is 10.9. The molecule has 0 unspecified atom stereocenters. The van der Waals surface area contributed by atoms with Gasteiger partial charge in [0.25, 0.3) is 0 Å². The lowest BCUT2D eigenvalue weighted by molar-refractivity contribution is -0.139. The number of nitrogens with zero attached hydrogens (tertiary/aromatic N) is 2. The van der Waals surface area contributed by atoms with E-state index in [1.165, 1.54) is 0 Å². The van der Waals surface area contributed by atoms with Crippen LogP contribution in [0.4, 0.5) is 0 Å². The second kappa shape index (κ2) is 11.9. The summed E-state index contributed by atoms with van der Waals surface area (Å²) in [6.45, 7) is 9.11. The molecule has 8 nitrogen and oxygen atoms in total. The number of hydrogen-bond acceptors (Lipinski definition) is 5. The van der Waals surface area contributed by atoms with Crippen molar-refractivity contribution in [2.24, 2.45) is 17.3 Å². The van der Waals surface area contributed by atoms with Crippen molar-refractivity contribution in [1.29, 1.82) is 0 Å². The number of piperidine rings is 1. The number of nitrogens with one attached hydrogen (secondary N) is 2. The van der Waals surface area contributed by atoms with E-state index < -0.39 is 11.5 Å². The predicted octanol–water partition coefficient (Wildman–Crippen LogP) is 2.09. The monoisotopic (exact) mass is 488 g/mol. The average Bonchev–Trinajstić information content (AvgIpc) is 3.38. The smallest absolute Gasteiger partial charge is 0.242 e. The van der Waals surface area contributed by atoms with E-state index in [0.29, 0.717) is 51.4 Å². The molecule has 35 heavy (non-hydrogen) atoms. The van der Waals surface area contributed by atoms with Gasteiger partial charge in [0.05, 0.1) is 18.6 Å². The van der Waals surface area contributed by atoms with E-state index in [1.54, 1.807) is 0 Å². The number of allylic oxidation sites excluding steroid dienone is 2. The molecule has 4 aliphatic rings. The number of amides is 3. The second-order valence-corrected chi connectivity index (χ2v) is 11.4. The van der Waals surface area contributed by atoms with Crippen molar-refractivity contribution in [2.45, 2.75) is 77.3 Å². The zero-order chi connectivity index (χ0) is 24.8. The molecule has 4 rings (SSSR count). The van der Waals surface area contributed by atoms with Gasteiger partial charge < -0.3 is 20.3 Å². The summed E-state index contributed by atoms with van der Waals surface area (Å²) in [5, 5.41) is 6.40. The zero-order valence-corrected chi connectivity index (χ0v) is 21.6. The minimum absolute atomic E-state index is 0.0161. The van der Waals surface area contributed by atoms with Crippen LogP contribution in [0.15, 0.2) is 12.2 Å². The van der Waals surface area contributed by atoms with Crippen LogP contribution in [0.3, 0.4) is 0 Å². The normalized spacial score (nSPS) is 31.3. The van der Waals surface area contributed by atoms with Crippen LogP contribution >= 0.6 is 0 Å². The first-order valence-electron chi connectivity index (χ1n) is 13.7. The van der Waals surface area contributed by atoms with Crippen molar-refractivity contribution in [3.63, 3.8) is 0 Å². The van der Waals surface area contributed by atoms with Crippen LogP contribution in [0.25, 0.3) is 0 Å². The molecule has 3 fully saturated rings. The molecule has 1 spiro atoms. The van der Waals surface area contributed by atoms with Gasteiger partial charge in [-0.25, -0.2) is 0 Å². The Bertz CT molecular complexity index is 784. The molecule has 0 aromatic heterocycles. The van der Waals surface area contributed by atoms with Crippen molar-refractivity contribution in [3.8, 4) is 0 Å². The van der Waals surface area contributed by atoms with Gasteiger partial charge in [-0.1, -0.05) is 26.0 Å². The quantitative estimate of drug-likeness (QED) is 0.592. The summed E-state index contributed by atoms with van der Waals surface area (Å²) >= 11 is 0. The largest absolute Gasteiger partial charge is 0.381 e. The summed E-state index contributed by atoms with van der Waals surface area (Å²) in [6, 6.07) is -0.446. The van der Waals surface area contributed by atoms with Crippen LogP contribution in [-0.2, 0) is 19.1 Å². The number of likely N-dealkylation sites (tertiary alicyclic amines) is 2. The topological polar surface area (TPSA) is 91.0 Å². The van der Waals surface area contributed by atoms with Crippen LogP contribution in [-0.4, -0.2) is 85.5 Å². The number of fused-ring (bicyclic) bond motifs is 1. The Hall–Kier alpha value is -1.93. The molecule has 0 aromatic rings. The van der Waals surface area contributed by atoms with Crippen molar-refractivity contribution >= 4 is 17.7 Å². The maximum Gasteiger partial charge on any atom is 0.242 e. The Morgan fingerprint density at radius 3 is 2.57 bits per heavy atom. The lowest BCUT2D eigenvalue weighted by Gasteiger charge is -2.41. The summed E-state index contributed by atoms with van der Waals surface area (Å²) in [5.74, 6) is 0.668. The maximum atomic E-state index is 13.7. The van der Waals surface area contributed by atoms with Crippen molar-refractivity contribution in [2.75, 3.05) is 45.9 Å². The highest BCUT2D eigenvalue weighted by Gasteiger charge is 2.43. The second-order valence-electron chi connectivity index (χ2n) is 11.4. The molecule has 0 saturated carbocycles. The summed E-state index contributed by atoms with van der Waals surface area (Å²) in [5.41, 5.74) is -0.541. The van der Waals surface area contributed by atoms with Gasteiger partial charge in [-0.3, -0.25) is 19.3 Å². The fraction of sp³-hybridized carbons (Fsp3) is 0.815. The lowest BCUT2D eigenvalue weighted by atomic mass is 9.74. The number of carbonyl (C=O) groups is 3. The van der Waals surface area contributed by atoms with Crippen LogP contribution < -0.4 is 10.6 Å². The van der Waals surface area contributed by atoms with E-state index in [-0.39, 0.29) is 29.7 Å². The van der Waals surface area contributed by atoms with Gasteiger partial charge in [0.15, 0.2) is 0 Å². The van der Waals surface area contributed by atoms with E-state index in [0.717, 1.165) is 51.9 Å². The van der Waals surface area contributed by atoms with Gasteiger partial charge in [-0.05, 0) is 70.4 Å². The predicted molar refractivity (Wildman–Crippen MR) is 135 cm³/mol. The minimum atomic E-state index is -0.541. The number of hydrogen-bond donors (Lipinski definition) is 2. The van der Waals surface area contributed by atoms with Crippen LogP contribution in [0.5, 0.6) is 0 Å². The molecule has 0 bridgehead atoms. The molecule has 3 saturated heterocycles. The SMILES string of the molecule is CC(C)C[C@@H]1NC(=O)C2(C/C=C/C[C@H]3COCC[C@H]3NC1=O)CCN(CC(=O)N1CCCC1)CC2. The van der Waals surface area contributed by atoms with Gasteiger partial charge in [-0.15, -0.1) is 0 Å². The minimum Gasteiger partial charge on any atom is -0.381 e. The third kappa shape index (κ3) is 6.64. The highest BCUT2D eigenvalue weighted by Crippen LogP contribution is 2.37. The van der Waals surface area contributed by atoms with Gasteiger partial charge >= 0.3 is 0 Å². The fourth-order valence-corrected chi connectivity index (χ4v) is 6.02. The van der Waals surface area contributed by atoms with Crippen LogP contribution in [0.1, 0.15) is 65.2 Å². The molecule has 4 aliphatic heterocycles. The summed E-state index contributed by atoms with van der Waals surface area (Å²) in [4.78, 5) is 43.8. The zero-order valence-electron chi connectivity index (χ0n) is 21.6. The molecular formula is C27H44N4O4. The van der Waals surface area contributed by atoms with E-state index in [4.69, 9.17) is 4.74 Å². The van der Waals surface area contributed by atoms with Crippen LogP contribution in [0, 0.1) is 17.3 Å². The Morgan fingerprint density at radius 1 is 1.11 bits per heavy atom. The summed E-state index contributed by atoms with van der Waals surface area (Å²) in [7, 11) is 0. The number of carbonyl (C=O) groups excluding carboxylic acids is 3. The lowest BCUT2D eigenvalue weighted by Crippen LogP contribution is -2.57. The first-order chi connectivity index (χ1) is 16.9. The van der Waals surface area contributed by atoms with Crippen molar-refractivity contribution in [3.05, 3.63) is 12.2 Å². The van der Waals surface area contributed by atoms with E-state index >= 15 is 0 Å². The Labute approximate surface area is 210 Å². The van der Waals surface area contributed by atoms with Crippen LogP contribution in [0.2, 0.25) is 0 Å². The standard InChI is InChI=1S/C27H44N4O4/c1-20(2)17-23-25(33)28-22-8-16-35-19-21(22)7-3-4-9-27(26(34)29-23)10-14-30(15-11-27)18-24(32)31-12-5-6-13-31/h3-4,20-23H,5-19H2,1-2H3,(H,28,33)(H,29,34)/b4-3+/t21-,22+,23-/m0/s1. The number of rotatable bonds is 4. The highest BCUT2D eigenvalue weighted by molar-refractivity contribution is 5.90. The van der Waals surface area contributed by atoms with Crippen molar-refractivity contribution < 1.29 is 19.1 Å². The molecular weight excluding hydrogens is 444 g/mol.